The molecule has 0 bridgehead atoms. The van der Waals surface area contributed by atoms with Gasteiger partial charge in [-0.25, -0.2) is 0 Å². The molecule has 1 saturated carbocycles. The molecule has 3 nitrogen and oxygen atoms in total. The van der Waals surface area contributed by atoms with Crippen molar-refractivity contribution in [1.82, 2.24) is 4.90 Å². The zero-order valence-electron chi connectivity index (χ0n) is 13.5. The average Bonchev–Trinajstić information content (AvgIpc) is 2.59. The number of hydrogen-bond donors (Lipinski definition) is 0. The molecule has 0 aliphatic heterocycles. The highest BCUT2D eigenvalue weighted by molar-refractivity contribution is 8.00. The lowest BCUT2D eigenvalue weighted by molar-refractivity contribution is -0.132. The fraction of sp³-hybridized carbons (Fsp3) is 0.444. The highest BCUT2D eigenvalue weighted by Gasteiger charge is 2.29. The first kappa shape index (κ1) is 19.2. The summed E-state index contributed by atoms with van der Waals surface area (Å²) in [7, 11) is 0. The molecule has 0 aromatic heterocycles. The number of amides is 1. The first-order valence-corrected chi connectivity index (χ1v) is 8.76. The van der Waals surface area contributed by atoms with Crippen LogP contribution in [0.4, 0.5) is 13.2 Å². The topological polar surface area (TPSA) is 44.1 Å². The molecule has 132 valence electrons. The van der Waals surface area contributed by atoms with Crippen molar-refractivity contribution in [3.63, 3.8) is 0 Å². The Labute approximate surface area is 149 Å². The minimum atomic E-state index is -4.33. The molecule has 0 N–H and O–H groups in total. The van der Waals surface area contributed by atoms with Crippen LogP contribution >= 0.6 is 11.8 Å². The summed E-state index contributed by atoms with van der Waals surface area (Å²) in [6.07, 6.45) is 4.75. The van der Waals surface area contributed by atoms with Gasteiger partial charge in [0.1, 0.15) is 6.54 Å². The Hall–Kier alpha value is -2.12. The highest BCUT2D eigenvalue weighted by Crippen LogP contribution is 2.36. The standard InChI is InChI=1S/C18H17F3N2OS/c19-18(20,21)25-16-8-6-14(7-9-16)10-12-23(13-11-22)17(24)15-4-2-1-3-5-15/h6-9,15H,1-5,13H2. The summed E-state index contributed by atoms with van der Waals surface area (Å²) in [4.78, 5) is 13.8. The molecule has 1 aromatic carbocycles. The molecule has 1 aliphatic carbocycles. The average molecular weight is 366 g/mol. The number of nitriles is 1. The second-order valence-electron chi connectivity index (χ2n) is 5.73. The summed E-state index contributed by atoms with van der Waals surface area (Å²) in [5.41, 5.74) is -3.84. The molecule has 0 radical (unpaired) electrons. The van der Waals surface area contributed by atoms with Crippen molar-refractivity contribution in [2.24, 2.45) is 5.92 Å². The largest absolute Gasteiger partial charge is 0.446 e. The van der Waals surface area contributed by atoms with E-state index in [1.807, 2.05) is 6.07 Å². The number of carbonyl (C=O) groups excluding carboxylic acids is 1. The Kier molecular flexibility index (Phi) is 6.78. The zero-order chi connectivity index (χ0) is 18.3. The molecule has 1 amide bonds. The molecule has 7 heteroatoms. The van der Waals surface area contributed by atoms with Crippen LogP contribution in [0.1, 0.15) is 37.7 Å². The van der Waals surface area contributed by atoms with Gasteiger partial charge >= 0.3 is 5.51 Å². The number of benzene rings is 1. The third-order valence-corrected chi connectivity index (χ3v) is 4.61. The second kappa shape index (κ2) is 8.82. The van der Waals surface area contributed by atoms with Crippen LogP contribution in [0.2, 0.25) is 0 Å². The highest BCUT2D eigenvalue weighted by atomic mass is 32.2. The van der Waals surface area contributed by atoms with Crippen LogP contribution in [0.25, 0.3) is 0 Å². The summed E-state index contributed by atoms with van der Waals surface area (Å²) in [5.74, 6) is 2.52. The molecule has 25 heavy (non-hydrogen) atoms. The normalized spacial score (nSPS) is 15.0. The smallest absolute Gasteiger partial charge is 0.273 e. The molecule has 0 atom stereocenters. The maximum absolute atomic E-state index is 12.5. The van der Waals surface area contributed by atoms with Gasteiger partial charge in [0.05, 0.1) is 6.07 Å². The van der Waals surface area contributed by atoms with Gasteiger partial charge in [0.15, 0.2) is 0 Å². The van der Waals surface area contributed by atoms with Gasteiger partial charge in [-0.05, 0) is 54.8 Å². The molecular formula is C18H17F3N2OS. The lowest BCUT2D eigenvalue weighted by Gasteiger charge is -2.23. The van der Waals surface area contributed by atoms with Crippen molar-refractivity contribution in [3.8, 4) is 18.0 Å². The zero-order valence-corrected chi connectivity index (χ0v) is 14.3. The first-order chi connectivity index (χ1) is 11.9. The van der Waals surface area contributed by atoms with Gasteiger partial charge in [0.25, 0.3) is 0 Å². The van der Waals surface area contributed by atoms with Gasteiger partial charge in [0.2, 0.25) is 5.91 Å². The van der Waals surface area contributed by atoms with Crippen molar-refractivity contribution in [2.45, 2.75) is 42.5 Å². The van der Waals surface area contributed by atoms with Gasteiger partial charge in [-0.15, -0.1) is 0 Å². The van der Waals surface area contributed by atoms with Gasteiger partial charge in [-0.3, -0.25) is 9.69 Å². The number of rotatable bonds is 3. The van der Waals surface area contributed by atoms with Gasteiger partial charge in [0, 0.05) is 22.4 Å². The van der Waals surface area contributed by atoms with E-state index >= 15 is 0 Å². The summed E-state index contributed by atoms with van der Waals surface area (Å²) in [6, 6.07) is 10.2. The number of hydrogen-bond acceptors (Lipinski definition) is 3. The molecule has 0 saturated heterocycles. The van der Waals surface area contributed by atoms with E-state index < -0.39 is 5.51 Å². The van der Waals surface area contributed by atoms with Crippen molar-refractivity contribution < 1.29 is 18.0 Å². The van der Waals surface area contributed by atoms with E-state index in [0.29, 0.717) is 5.56 Å². The van der Waals surface area contributed by atoms with Gasteiger partial charge in [-0.1, -0.05) is 19.3 Å². The minimum Gasteiger partial charge on any atom is -0.273 e. The number of thioether (sulfide) groups is 1. The Morgan fingerprint density at radius 1 is 1.20 bits per heavy atom. The predicted molar refractivity (Wildman–Crippen MR) is 89.1 cm³/mol. The van der Waals surface area contributed by atoms with E-state index in [0.717, 1.165) is 32.1 Å². The fourth-order valence-electron chi connectivity index (χ4n) is 2.69. The maximum atomic E-state index is 12.5. The van der Waals surface area contributed by atoms with Crippen LogP contribution in [-0.2, 0) is 4.79 Å². The van der Waals surface area contributed by atoms with Crippen LogP contribution in [0.5, 0.6) is 0 Å². The molecule has 0 unspecified atom stereocenters. The fourth-order valence-corrected chi connectivity index (χ4v) is 3.22. The monoisotopic (exact) mass is 366 g/mol. The Balaban J connectivity index is 2.07. The van der Waals surface area contributed by atoms with E-state index in [1.165, 1.54) is 29.2 Å². The van der Waals surface area contributed by atoms with Crippen LogP contribution in [0.3, 0.4) is 0 Å². The summed E-state index contributed by atoms with van der Waals surface area (Å²) in [5, 5.41) is 8.90. The maximum Gasteiger partial charge on any atom is 0.446 e. The van der Waals surface area contributed by atoms with Crippen molar-refractivity contribution in [2.75, 3.05) is 6.54 Å². The van der Waals surface area contributed by atoms with E-state index in [1.54, 1.807) is 0 Å². The third kappa shape index (κ3) is 6.36. The van der Waals surface area contributed by atoms with Crippen LogP contribution < -0.4 is 0 Å². The third-order valence-electron chi connectivity index (χ3n) is 3.87. The summed E-state index contributed by atoms with van der Waals surface area (Å²) < 4.78 is 36.9. The molecular weight excluding hydrogens is 349 g/mol. The SMILES string of the molecule is N#CCN(C#Cc1ccc(SC(F)(F)F)cc1)C(=O)C1CCCCC1. The number of carbonyl (C=O) groups is 1. The van der Waals surface area contributed by atoms with Gasteiger partial charge < -0.3 is 0 Å². The van der Waals surface area contributed by atoms with E-state index in [4.69, 9.17) is 5.26 Å². The van der Waals surface area contributed by atoms with Crippen LogP contribution in [0, 0.1) is 29.2 Å². The Morgan fingerprint density at radius 3 is 2.40 bits per heavy atom. The quantitative estimate of drug-likeness (QED) is 0.341. The van der Waals surface area contributed by atoms with E-state index in [2.05, 4.69) is 12.0 Å². The number of nitrogens with zero attached hydrogens (tertiary/aromatic N) is 2. The molecule has 2 rings (SSSR count). The Morgan fingerprint density at radius 2 is 1.84 bits per heavy atom. The minimum absolute atomic E-state index is 0.0743. The number of alkyl halides is 3. The van der Waals surface area contributed by atoms with Crippen molar-refractivity contribution in [1.29, 1.82) is 5.26 Å². The molecule has 1 fully saturated rings. The van der Waals surface area contributed by atoms with Crippen molar-refractivity contribution >= 4 is 17.7 Å². The molecule has 0 spiro atoms. The van der Waals surface area contributed by atoms with Crippen molar-refractivity contribution in [3.05, 3.63) is 29.8 Å². The Bertz CT molecular complexity index is 692. The molecule has 1 aliphatic rings. The lowest BCUT2D eigenvalue weighted by atomic mass is 9.88. The molecule has 1 aromatic rings. The predicted octanol–water partition coefficient (Wildman–Crippen LogP) is 4.54. The van der Waals surface area contributed by atoms with E-state index in [9.17, 15) is 18.0 Å². The summed E-state index contributed by atoms with van der Waals surface area (Å²) in [6.45, 7) is -0.121. The lowest BCUT2D eigenvalue weighted by Crippen LogP contribution is -2.34. The summed E-state index contributed by atoms with van der Waals surface area (Å²) >= 11 is -0.190. The molecule has 0 heterocycles. The first-order valence-electron chi connectivity index (χ1n) is 7.95. The number of halogens is 3. The van der Waals surface area contributed by atoms with E-state index in [-0.39, 0.29) is 35.0 Å². The van der Waals surface area contributed by atoms with Gasteiger partial charge in [-0.2, -0.15) is 18.4 Å². The van der Waals surface area contributed by atoms with Crippen LogP contribution in [0.15, 0.2) is 29.2 Å². The van der Waals surface area contributed by atoms with Crippen LogP contribution in [-0.4, -0.2) is 22.9 Å². The second-order valence-corrected chi connectivity index (χ2v) is 6.86.